The number of hydrogen-bond acceptors (Lipinski definition) is 4. The molecule has 5 nitrogen and oxygen atoms in total. The molecule has 17 heavy (non-hydrogen) atoms. The molecule has 0 atom stereocenters. The molecule has 0 fully saturated rings. The van der Waals surface area contributed by atoms with Gasteiger partial charge in [0.15, 0.2) is 5.82 Å². The predicted octanol–water partition coefficient (Wildman–Crippen LogP) is 2.03. The fourth-order valence-electron chi connectivity index (χ4n) is 1.74. The minimum atomic E-state index is 0.732. The summed E-state index contributed by atoms with van der Waals surface area (Å²) < 4.78 is 1.84. The summed E-state index contributed by atoms with van der Waals surface area (Å²) in [6.07, 6.45) is 2.19. The molecule has 0 bridgehead atoms. The van der Waals surface area contributed by atoms with Gasteiger partial charge in [0, 0.05) is 17.8 Å². The number of aromatic nitrogens is 4. The predicted molar refractivity (Wildman–Crippen MR) is 67.3 cm³/mol. The first-order chi connectivity index (χ1) is 8.22. The van der Waals surface area contributed by atoms with E-state index in [9.17, 15) is 0 Å². The van der Waals surface area contributed by atoms with Gasteiger partial charge >= 0.3 is 0 Å². The van der Waals surface area contributed by atoms with Crippen LogP contribution in [0, 0.1) is 6.92 Å². The summed E-state index contributed by atoms with van der Waals surface area (Å²) in [7, 11) is 0. The van der Waals surface area contributed by atoms with Crippen LogP contribution in [0.3, 0.4) is 0 Å². The van der Waals surface area contributed by atoms with Crippen LogP contribution >= 0.6 is 0 Å². The molecule has 0 aliphatic carbocycles. The average molecular weight is 231 g/mol. The standard InChI is InChI=1S/C12H17N5/c1-3-4-7-17-12(14-15-16-17)11-8-10(13)6-5-9(11)2/h5-6,8H,3-4,7,13H2,1-2H3. The van der Waals surface area contributed by atoms with Crippen LogP contribution in [0.25, 0.3) is 11.4 Å². The molecule has 2 rings (SSSR count). The zero-order valence-electron chi connectivity index (χ0n) is 10.2. The summed E-state index contributed by atoms with van der Waals surface area (Å²) in [4.78, 5) is 0. The van der Waals surface area contributed by atoms with E-state index in [0.717, 1.165) is 42.0 Å². The van der Waals surface area contributed by atoms with E-state index >= 15 is 0 Å². The maximum absolute atomic E-state index is 5.81. The Kier molecular flexibility index (Phi) is 3.37. The molecule has 0 saturated heterocycles. The summed E-state index contributed by atoms with van der Waals surface area (Å²) in [6, 6.07) is 5.80. The number of rotatable bonds is 4. The lowest BCUT2D eigenvalue weighted by molar-refractivity contribution is 0.557. The van der Waals surface area contributed by atoms with Gasteiger partial charge in [-0.2, -0.15) is 0 Å². The third-order valence-corrected chi connectivity index (χ3v) is 2.76. The van der Waals surface area contributed by atoms with Crippen molar-refractivity contribution in [1.82, 2.24) is 20.2 Å². The zero-order chi connectivity index (χ0) is 12.3. The molecule has 0 aliphatic rings. The van der Waals surface area contributed by atoms with Crippen LogP contribution in [0.5, 0.6) is 0 Å². The van der Waals surface area contributed by atoms with Crippen molar-refractivity contribution < 1.29 is 0 Å². The number of benzene rings is 1. The minimum Gasteiger partial charge on any atom is -0.399 e. The molecule has 2 aromatic rings. The van der Waals surface area contributed by atoms with Crippen molar-refractivity contribution in [1.29, 1.82) is 0 Å². The zero-order valence-corrected chi connectivity index (χ0v) is 10.2. The number of unbranched alkanes of at least 4 members (excludes halogenated alkanes) is 1. The van der Waals surface area contributed by atoms with Crippen LogP contribution in [0.1, 0.15) is 25.3 Å². The Morgan fingerprint density at radius 3 is 2.94 bits per heavy atom. The molecular weight excluding hydrogens is 214 g/mol. The van der Waals surface area contributed by atoms with Crippen molar-refractivity contribution in [3.8, 4) is 11.4 Å². The first-order valence-corrected chi connectivity index (χ1v) is 5.85. The normalized spacial score (nSPS) is 10.7. The van der Waals surface area contributed by atoms with E-state index in [0.29, 0.717) is 0 Å². The largest absolute Gasteiger partial charge is 0.399 e. The van der Waals surface area contributed by atoms with Gasteiger partial charge in [0.25, 0.3) is 0 Å². The second-order valence-corrected chi connectivity index (χ2v) is 4.15. The van der Waals surface area contributed by atoms with Crippen LogP contribution in [0.4, 0.5) is 5.69 Å². The highest BCUT2D eigenvalue weighted by molar-refractivity contribution is 5.65. The monoisotopic (exact) mass is 231 g/mol. The molecule has 0 saturated carbocycles. The number of nitrogens with two attached hydrogens (primary N) is 1. The van der Waals surface area contributed by atoms with Gasteiger partial charge in [-0.05, 0) is 41.5 Å². The third-order valence-electron chi connectivity index (χ3n) is 2.76. The smallest absolute Gasteiger partial charge is 0.182 e. The van der Waals surface area contributed by atoms with E-state index < -0.39 is 0 Å². The lowest BCUT2D eigenvalue weighted by Gasteiger charge is -2.07. The van der Waals surface area contributed by atoms with E-state index in [4.69, 9.17) is 5.73 Å². The van der Waals surface area contributed by atoms with Gasteiger partial charge in [-0.3, -0.25) is 0 Å². The summed E-state index contributed by atoms with van der Waals surface area (Å²) in [6.45, 7) is 5.02. The number of nitrogen functional groups attached to an aromatic ring is 1. The van der Waals surface area contributed by atoms with Crippen molar-refractivity contribution in [2.75, 3.05) is 5.73 Å². The summed E-state index contributed by atoms with van der Waals surface area (Å²) >= 11 is 0. The summed E-state index contributed by atoms with van der Waals surface area (Å²) in [5, 5.41) is 11.8. The van der Waals surface area contributed by atoms with Crippen molar-refractivity contribution >= 4 is 5.69 Å². The average Bonchev–Trinajstić information content (AvgIpc) is 2.77. The molecule has 2 N–H and O–H groups in total. The van der Waals surface area contributed by atoms with E-state index in [2.05, 4.69) is 22.4 Å². The molecule has 0 aliphatic heterocycles. The Bertz CT molecular complexity index is 503. The topological polar surface area (TPSA) is 69.6 Å². The van der Waals surface area contributed by atoms with Gasteiger partial charge < -0.3 is 5.73 Å². The molecule has 0 spiro atoms. The second kappa shape index (κ2) is 4.95. The lowest BCUT2D eigenvalue weighted by atomic mass is 10.1. The van der Waals surface area contributed by atoms with Crippen LogP contribution in [-0.2, 0) is 6.54 Å². The van der Waals surface area contributed by atoms with E-state index in [1.54, 1.807) is 0 Å². The molecule has 1 aromatic carbocycles. The van der Waals surface area contributed by atoms with Gasteiger partial charge in [-0.1, -0.05) is 19.4 Å². The lowest BCUT2D eigenvalue weighted by Crippen LogP contribution is -2.04. The van der Waals surface area contributed by atoms with Gasteiger partial charge in [-0.15, -0.1) is 5.10 Å². The van der Waals surface area contributed by atoms with Crippen molar-refractivity contribution in [3.63, 3.8) is 0 Å². The Labute approximate surface area is 101 Å². The first kappa shape index (κ1) is 11.6. The molecule has 1 heterocycles. The van der Waals surface area contributed by atoms with Crippen LogP contribution in [0.15, 0.2) is 18.2 Å². The van der Waals surface area contributed by atoms with Crippen LogP contribution < -0.4 is 5.73 Å². The molecule has 5 heteroatoms. The highest BCUT2D eigenvalue weighted by Crippen LogP contribution is 2.23. The van der Waals surface area contributed by atoms with Gasteiger partial charge in [-0.25, -0.2) is 4.68 Å². The highest BCUT2D eigenvalue weighted by atomic mass is 15.5. The van der Waals surface area contributed by atoms with Crippen LogP contribution in [0.2, 0.25) is 0 Å². The van der Waals surface area contributed by atoms with E-state index in [1.165, 1.54) is 0 Å². The van der Waals surface area contributed by atoms with E-state index in [-0.39, 0.29) is 0 Å². The highest BCUT2D eigenvalue weighted by Gasteiger charge is 2.11. The summed E-state index contributed by atoms with van der Waals surface area (Å²) in [5.74, 6) is 0.795. The van der Waals surface area contributed by atoms with Crippen molar-refractivity contribution in [2.45, 2.75) is 33.2 Å². The number of hydrogen-bond donors (Lipinski definition) is 1. The number of anilines is 1. The van der Waals surface area contributed by atoms with Crippen molar-refractivity contribution in [3.05, 3.63) is 23.8 Å². The Morgan fingerprint density at radius 1 is 1.35 bits per heavy atom. The minimum absolute atomic E-state index is 0.732. The molecule has 90 valence electrons. The summed E-state index contributed by atoms with van der Waals surface area (Å²) in [5.41, 5.74) is 8.67. The van der Waals surface area contributed by atoms with Gasteiger partial charge in [0.1, 0.15) is 0 Å². The first-order valence-electron chi connectivity index (χ1n) is 5.85. The molecule has 0 unspecified atom stereocenters. The Morgan fingerprint density at radius 2 is 2.18 bits per heavy atom. The second-order valence-electron chi connectivity index (χ2n) is 4.15. The molecule has 0 radical (unpaired) electrons. The molecule has 0 amide bonds. The maximum atomic E-state index is 5.81. The maximum Gasteiger partial charge on any atom is 0.182 e. The molecular formula is C12H17N5. The number of aryl methyl sites for hydroxylation is 2. The molecule has 1 aromatic heterocycles. The fraction of sp³-hybridized carbons (Fsp3) is 0.417. The Balaban J connectivity index is 2.38. The third kappa shape index (κ3) is 2.43. The van der Waals surface area contributed by atoms with Gasteiger partial charge in [0.2, 0.25) is 0 Å². The van der Waals surface area contributed by atoms with Crippen molar-refractivity contribution in [2.24, 2.45) is 0 Å². The van der Waals surface area contributed by atoms with E-state index in [1.807, 2.05) is 29.8 Å². The number of nitrogens with zero attached hydrogens (tertiary/aromatic N) is 4. The van der Waals surface area contributed by atoms with Crippen LogP contribution in [-0.4, -0.2) is 20.2 Å². The SMILES string of the molecule is CCCCn1nnnc1-c1cc(N)ccc1C. The quantitative estimate of drug-likeness (QED) is 0.817. The fourth-order valence-corrected chi connectivity index (χ4v) is 1.74. The number of tetrazole rings is 1. The van der Waals surface area contributed by atoms with Gasteiger partial charge in [0.05, 0.1) is 0 Å². The Hall–Kier alpha value is -1.91.